The van der Waals surface area contributed by atoms with Crippen LogP contribution in [-0.4, -0.2) is 0 Å². The summed E-state index contributed by atoms with van der Waals surface area (Å²) >= 11 is 0. The van der Waals surface area contributed by atoms with E-state index in [0.29, 0.717) is 0 Å². The summed E-state index contributed by atoms with van der Waals surface area (Å²) in [6.45, 7) is 0. The molecule has 0 N–H and O–H groups in total. The van der Waals surface area contributed by atoms with Crippen molar-refractivity contribution in [3.05, 3.63) is 41.9 Å². The summed E-state index contributed by atoms with van der Waals surface area (Å²) in [5.74, 6) is 0.937. The summed E-state index contributed by atoms with van der Waals surface area (Å²) in [7, 11) is 0. The van der Waals surface area contributed by atoms with Crippen molar-refractivity contribution in [3.8, 4) is 0 Å². The summed E-state index contributed by atoms with van der Waals surface area (Å²) in [6.07, 6.45) is 13.4. The van der Waals surface area contributed by atoms with Crippen LogP contribution < -0.4 is 0 Å². The Balaban J connectivity index is 2.00. The van der Waals surface area contributed by atoms with Gasteiger partial charge in [-0.2, -0.15) is 0 Å². The standard InChI is InChI=1S/C12H14O/c1-2-5-11(6-3-1)8-9-12-7-4-10-13-12/h4-5,7-10H,1-3,6H2/b9-8-. The third-order valence-corrected chi connectivity index (χ3v) is 2.33. The van der Waals surface area contributed by atoms with E-state index in [2.05, 4.69) is 12.2 Å². The van der Waals surface area contributed by atoms with Gasteiger partial charge in [-0.25, -0.2) is 0 Å². The highest BCUT2D eigenvalue weighted by atomic mass is 16.3. The van der Waals surface area contributed by atoms with Crippen LogP contribution in [0.25, 0.3) is 6.08 Å². The molecule has 0 unspecified atom stereocenters. The van der Waals surface area contributed by atoms with Crippen molar-refractivity contribution >= 4 is 6.08 Å². The van der Waals surface area contributed by atoms with E-state index in [-0.39, 0.29) is 0 Å². The van der Waals surface area contributed by atoms with Gasteiger partial charge >= 0.3 is 0 Å². The van der Waals surface area contributed by atoms with Crippen LogP contribution in [0.4, 0.5) is 0 Å². The Morgan fingerprint density at radius 3 is 2.92 bits per heavy atom. The number of furan rings is 1. The van der Waals surface area contributed by atoms with Crippen LogP contribution in [0.1, 0.15) is 31.4 Å². The van der Waals surface area contributed by atoms with E-state index < -0.39 is 0 Å². The van der Waals surface area contributed by atoms with E-state index >= 15 is 0 Å². The second kappa shape index (κ2) is 4.13. The second-order valence-corrected chi connectivity index (χ2v) is 3.37. The van der Waals surface area contributed by atoms with Crippen LogP contribution in [0.3, 0.4) is 0 Å². The number of hydrogen-bond acceptors (Lipinski definition) is 1. The molecule has 1 aromatic heterocycles. The first-order valence-corrected chi connectivity index (χ1v) is 4.86. The van der Waals surface area contributed by atoms with Gasteiger partial charge in [0.25, 0.3) is 0 Å². The van der Waals surface area contributed by atoms with Crippen molar-refractivity contribution in [1.82, 2.24) is 0 Å². The minimum atomic E-state index is 0.937. The highest BCUT2D eigenvalue weighted by Crippen LogP contribution is 2.19. The molecule has 0 aliphatic heterocycles. The third kappa shape index (κ3) is 2.35. The molecule has 0 saturated carbocycles. The molecule has 1 aromatic rings. The minimum absolute atomic E-state index is 0.937. The first kappa shape index (κ1) is 8.36. The van der Waals surface area contributed by atoms with Crippen LogP contribution in [0.15, 0.2) is 40.5 Å². The van der Waals surface area contributed by atoms with Gasteiger partial charge in [0, 0.05) is 0 Å². The monoisotopic (exact) mass is 174 g/mol. The van der Waals surface area contributed by atoms with Crippen molar-refractivity contribution in [2.45, 2.75) is 25.7 Å². The molecule has 0 aromatic carbocycles. The molecule has 68 valence electrons. The van der Waals surface area contributed by atoms with Gasteiger partial charge < -0.3 is 4.42 Å². The van der Waals surface area contributed by atoms with Crippen LogP contribution in [0.5, 0.6) is 0 Å². The van der Waals surface area contributed by atoms with Crippen molar-refractivity contribution in [1.29, 1.82) is 0 Å². The largest absolute Gasteiger partial charge is 0.465 e. The molecule has 0 spiro atoms. The van der Waals surface area contributed by atoms with Gasteiger partial charge in [0.1, 0.15) is 5.76 Å². The molecular formula is C12H14O. The van der Waals surface area contributed by atoms with Crippen molar-refractivity contribution in [2.75, 3.05) is 0 Å². The second-order valence-electron chi connectivity index (χ2n) is 3.37. The molecule has 1 nitrogen and oxygen atoms in total. The Morgan fingerprint density at radius 1 is 1.23 bits per heavy atom. The Morgan fingerprint density at radius 2 is 2.23 bits per heavy atom. The fourth-order valence-electron chi connectivity index (χ4n) is 1.59. The predicted octanol–water partition coefficient (Wildman–Crippen LogP) is 3.79. The fourth-order valence-corrected chi connectivity index (χ4v) is 1.59. The molecule has 0 bridgehead atoms. The third-order valence-electron chi connectivity index (χ3n) is 2.33. The molecule has 0 saturated heterocycles. The Hall–Kier alpha value is -1.24. The fraction of sp³-hybridized carbons (Fsp3) is 0.333. The SMILES string of the molecule is C1=C(/C=C\c2ccco2)CCCC1. The average Bonchev–Trinajstić information content (AvgIpc) is 2.69. The van der Waals surface area contributed by atoms with E-state index in [0.717, 1.165) is 5.76 Å². The Labute approximate surface area is 78.8 Å². The Bertz CT molecular complexity index is 304. The van der Waals surface area contributed by atoms with Crippen molar-refractivity contribution in [3.63, 3.8) is 0 Å². The van der Waals surface area contributed by atoms with Crippen LogP contribution >= 0.6 is 0 Å². The van der Waals surface area contributed by atoms with E-state index in [1.165, 1.54) is 31.3 Å². The number of allylic oxidation sites excluding steroid dienone is 3. The van der Waals surface area contributed by atoms with Gasteiger partial charge in [0.15, 0.2) is 0 Å². The quantitative estimate of drug-likeness (QED) is 0.664. The lowest BCUT2D eigenvalue weighted by Gasteiger charge is -2.07. The Kier molecular flexibility index (Phi) is 2.65. The zero-order valence-corrected chi connectivity index (χ0v) is 7.70. The molecule has 13 heavy (non-hydrogen) atoms. The van der Waals surface area contributed by atoms with Gasteiger partial charge in [-0.15, -0.1) is 0 Å². The molecule has 2 rings (SSSR count). The van der Waals surface area contributed by atoms with E-state index in [1.807, 2.05) is 18.2 Å². The van der Waals surface area contributed by atoms with Gasteiger partial charge in [-0.3, -0.25) is 0 Å². The van der Waals surface area contributed by atoms with E-state index in [4.69, 9.17) is 4.42 Å². The lowest BCUT2D eigenvalue weighted by molar-refractivity contribution is 0.557. The molecule has 1 aliphatic rings. The maximum absolute atomic E-state index is 5.21. The van der Waals surface area contributed by atoms with Gasteiger partial charge in [-0.1, -0.05) is 17.7 Å². The molecule has 1 heteroatoms. The van der Waals surface area contributed by atoms with Crippen LogP contribution in [0.2, 0.25) is 0 Å². The lowest BCUT2D eigenvalue weighted by Crippen LogP contribution is -1.87. The summed E-state index contributed by atoms with van der Waals surface area (Å²) < 4.78 is 5.21. The smallest absolute Gasteiger partial charge is 0.126 e. The van der Waals surface area contributed by atoms with Crippen LogP contribution in [0, 0.1) is 0 Å². The molecule has 0 fully saturated rings. The van der Waals surface area contributed by atoms with Gasteiger partial charge in [-0.05, 0) is 43.9 Å². The molecule has 0 amide bonds. The first-order chi connectivity index (χ1) is 6.45. The normalized spacial score (nSPS) is 17.7. The predicted molar refractivity (Wildman–Crippen MR) is 54.3 cm³/mol. The summed E-state index contributed by atoms with van der Waals surface area (Å²) in [6, 6.07) is 3.88. The van der Waals surface area contributed by atoms with Gasteiger partial charge in [0.2, 0.25) is 0 Å². The first-order valence-electron chi connectivity index (χ1n) is 4.86. The van der Waals surface area contributed by atoms with Crippen molar-refractivity contribution < 1.29 is 4.42 Å². The topological polar surface area (TPSA) is 13.1 Å². The summed E-state index contributed by atoms with van der Waals surface area (Å²) in [4.78, 5) is 0. The number of hydrogen-bond donors (Lipinski definition) is 0. The van der Waals surface area contributed by atoms with Crippen molar-refractivity contribution in [2.24, 2.45) is 0 Å². The zero-order valence-electron chi connectivity index (χ0n) is 7.70. The zero-order chi connectivity index (χ0) is 8.93. The molecule has 1 aliphatic carbocycles. The number of rotatable bonds is 2. The minimum Gasteiger partial charge on any atom is -0.465 e. The lowest BCUT2D eigenvalue weighted by atomic mass is 9.99. The summed E-state index contributed by atoms with van der Waals surface area (Å²) in [5, 5.41) is 0. The molecule has 0 atom stereocenters. The summed E-state index contributed by atoms with van der Waals surface area (Å²) in [5.41, 5.74) is 1.45. The van der Waals surface area contributed by atoms with E-state index in [9.17, 15) is 0 Å². The molecule has 0 radical (unpaired) electrons. The molecular weight excluding hydrogens is 160 g/mol. The van der Waals surface area contributed by atoms with E-state index in [1.54, 1.807) is 6.26 Å². The maximum Gasteiger partial charge on any atom is 0.126 e. The van der Waals surface area contributed by atoms with Crippen LogP contribution in [-0.2, 0) is 0 Å². The highest BCUT2D eigenvalue weighted by molar-refractivity contribution is 5.47. The molecule has 1 heterocycles. The van der Waals surface area contributed by atoms with Gasteiger partial charge in [0.05, 0.1) is 6.26 Å². The average molecular weight is 174 g/mol. The highest BCUT2D eigenvalue weighted by Gasteiger charge is 1.99. The maximum atomic E-state index is 5.21.